The van der Waals surface area contributed by atoms with Gasteiger partial charge in [-0.1, -0.05) is 23.7 Å². The Morgan fingerprint density at radius 1 is 1.06 bits per heavy atom. The van der Waals surface area contributed by atoms with E-state index in [1.165, 1.54) is 4.90 Å². The van der Waals surface area contributed by atoms with Gasteiger partial charge in [0.15, 0.2) is 5.11 Å². The number of aryl methyl sites for hydroxylation is 1. The predicted molar refractivity (Wildman–Crippen MR) is 137 cm³/mol. The summed E-state index contributed by atoms with van der Waals surface area (Å²) >= 11 is 11.0. The van der Waals surface area contributed by atoms with Gasteiger partial charge in [0.1, 0.15) is 17.9 Å². The zero-order chi connectivity index (χ0) is 24.4. The van der Waals surface area contributed by atoms with Gasteiger partial charge < -0.3 is 9.30 Å². The molecule has 174 valence electrons. The number of hydrogen-bond donors (Lipinski definition) is 1. The molecule has 1 saturated heterocycles. The number of nitrogens with zero attached hydrogens (tertiary/aromatic N) is 2. The molecule has 0 atom stereocenters. The molecule has 0 unspecified atom stereocenters. The molecule has 34 heavy (non-hydrogen) atoms. The zero-order valence-corrected chi connectivity index (χ0v) is 20.7. The van der Waals surface area contributed by atoms with Crippen molar-refractivity contribution in [3.8, 4) is 11.4 Å². The Morgan fingerprint density at radius 2 is 1.74 bits per heavy atom. The lowest BCUT2D eigenvalue weighted by Crippen LogP contribution is -2.53. The number of amides is 2. The lowest BCUT2D eigenvalue weighted by Gasteiger charge is -2.27. The number of likely N-dealkylation sites (N-methyl/N-ethyl adjacent to an activating group) is 1. The maximum Gasteiger partial charge on any atom is 0.265 e. The number of ether oxygens (including phenoxy) is 1. The fourth-order valence-corrected chi connectivity index (χ4v) is 4.34. The van der Waals surface area contributed by atoms with Gasteiger partial charge in [-0.3, -0.25) is 19.8 Å². The van der Waals surface area contributed by atoms with E-state index in [4.69, 9.17) is 28.6 Å². The standard InChI is InChI=1S/C26H24ClN3O3S/c1-4-29-25(32)23(24(31)28-26(29)34)14-19-13-16(2)30(17(19)3)21-9-11-22(12-10-21)33-15-18-5-7-20(27)8-6-18/h5-14H,4,15H2,1-3H3,(H,28,31,34)/b23-14+. The smallest absolute Gasteiger partial charge is 0.265 e. The van der Waals surface area contributed by atoms with E-state index >= 15 is 0 Å². The highest BCUT2D eigenvalue weighted by Crippen LogP contribution is 2.26. The normalized spacial score (nSPS) is 15.1. The molecule has 0 bridgehead atoms. The van der Waals surface area contributed by atoms with Gasteiger partial charge >= 0.3 is 0 Å². The monoisotopic (exact) mass is 493 g/mol. The van der Waals surface area contributed by atoms with E-state index in [0.717, 1.165) is 34.0 Å². The van der Waals surface area contributed by atoms with Crippen LogP contribution in [0.4, 0.5) is 0 Å². The summed E-state index contributed by atoms with van der Waals surface area (Å²) in [6.45, 7) is 6.59. The second kappa shape index (κ2) is 9.83. The summed E-state index contributed by atoms with van der Waals surface area (Å²) < 4.78 is 7.96. The molecule has 0 aliphatic carbocycles. The molecule has 4 rings (SSSR count). The molecule has 8 heteroatoms. The molecule has 0 spiro atoms. The van der Waals surface area contributed by atoms with E-state index in [1.807, 2.05) is 75.4 Å². The second-order valence-electron chi connectivity index (χ2n) is 7.94. The molecule has 1 aromatic heterocycles. The lowest BCUT2D eigenvalue weighted by atomic mass is 10.1. The molecule has 2 aromatic carbocycles. The fraction of sp³-hybridized carbons (Fsp3) is 0.192. The van der Waals surface area contributed by atoms with Crippen LogP contribution in [0.2, 0.25) is 5.02 Å². The van der Waals surface area contributed by atoms with Crippen molar-refractivity contribution in [2.75, 3.05) is 6.54 Å². The molecule has 2 amide bonds. The van der Waals surface area contributed by atoms with Gasteiger partial charge in [-0.05, 0) is 92.7 Å². The first-order valence-corrected chi connectivity index (χ1v) is 11.6. The molecule has 0 radical (unpaired) electrons. The third kappa shape index (κ3) is 4.76. The van der Waals surface area contributed by atoms with Crippen molar-refractivity contribution in [2.24, 2.45) is 0 Å². The highest BCUT2D eigenvalue weighted by Gasteiger charge is 2.32. The zero-order valence-electron chi connectivity index (χ0n) is 19.1. The van der Waals surface area contributed by atoms with Crippen molar-refractivity contribution < 1.29 is 14.3 Å². The van der Waals surface area contributed by atoms with E-state index in [1.54, 1.807) is 6.08 Å². The second-order valence-corrected chi connectivity index (χ2v) is 8.76. The highest BCUT2D eigenvalue weighted by molar-refractivity contribution is 7.80. The quantitative estimate of drug-likeness (QED) is 0.299. The first-order valence-electron chi connectivity index (χ1n) is 10.8. The van der Waals surface area contributed by atoms with E-state index in [-0.39, 0.29) is 16.6 Å². The first-order chi connectivity index (χ1) is 16.3. The van der Waals surface area contributed by atoms with E-state index in [9.17, 15) is 9.59 Å². The summed E-state index contributed by atoms with van der Waals surface area (Å²) in [5, 5.41) is 3.42. The Bertz CT molecular complexity index is 1290. The van der Waals surface area contributed by atoms with Crippen LogP contribution in [-0.4, -0.2) is 32.9 Å². The number of halogens is 1. The number of aromatic nitrogens is 1. The van der Waals surface area contributed by atoms with Crippen LogP contribution in [0.3, 0.4) is 0 Å². The Kier molecular flexibility index (Phi) is 6.86. The molecule has 1 aliphatic rings. The summed E-state index contributed by atoms with van der Waals surface area (Å²) in [7, 11) is 0. The average Bonchev–Trinajstić information content (AvgIpc) is 3.09. The van der Waals surface area contributed by atoms with Gasteiger partial charge in [0.05, 0.1) is 0 Å². The molecule has 3 aromatic rings. The Labute approximate surface area is 208 Å². The number of thiocarbonyl (C=S) groups is 1. The minimum Gasteiger partial charge on any atom is -0.489 e. The van der Waals surface area contributed by atoms with Crippen molar-refractivity contribution in [1.82, 2.24) is 14.8 Å². The van der Waals surface area contributed by atoms with Gasteiger partial charge in [-0.25, -0.2) is 0 Å². The fourth-order valence-electron chi connectivity index (χ4n) is 3.91. The molecular weight excluding hydrogens is 470 g/mol. The number of hydrogen-bond acceptors (Lipinski definition) is 4. The van der Waals surface area contributed by atoms with E-state index in [2.05, 4.69) is 9.88 Å². The number of carbonyl (C=O) groups is 2. The highest BCUT2D eigenvalue weighted by atomic mass is 35.5. The van der Waals surface area contributed by atoms with Crippen LogP contribution >= 0.6 is 23.8 Å². The van der Waals surface area contributed by atoms with Crippen LogP contribution < -0.4 is 10.1 Å². The summed E-state index contributed by atoms with van der Waals surface area (Å²) in [6.07, 6.45) is 1.63. The van der Waals surface area contributed by atoms with Crippen LogP contribution in [0.5, 0.6) is 5.75 Å². The van der Waals surface area contributed by atoms with Gasteiger partial charge in [-0.2, -0.15) is 0 Å². The van der Waals surface area contributed by atoms with Gasteiger partial charge in [0.2, 0.25) is 0 Å². The van der Waals surface area contributed by atoms with Crippen molar-refractivity contribution in [3.63, 3.8) is 0 Å². The van der Waals surface area contributed by atoms with E-state index in [0.29, 0.717) is 18.2 Å². The molecule has 0 saturated carbocycles. The number of rotatable bonds is 6. The van der Waals surface area contributed by atoms with E-state index < -0.39 is 5.91 Å². The third-order valence-electron chi connectivity index (χ3n) is 5.69. The number of nitrogens with one attached hydrogen (secondary N) is 1. The lowest BCUT2D eigenvalue weighted by molar-refractivity contribution is -0.128. The molecule has 1 fully saturated rings. The average molecular weight is 494 g/mol. The summed E-state index contributed by atoms with van der Waals surface area (Å²) in [5.74, 6) is -0.112. The van der Waals surface area contributed by atoms with Crippen molar-refractivity contribution in [2.45, 2.75) is 27.4 Å². The van der Waals surface area contributed by atoms with Gasteiger partial charge in [-0.15, -0.1) is 0 Å². The Balaban J connectivity index is 1.56. The van der Waals surface area contributed by atoms with Crippen molar-refractivity contribution in [1.29, 1.82) is 0 Å². The number of carbonyl (C=O) groups excluding carboxylic acids is 2. The van der Waals surface area contributed by atoms with Crippen LogP contribution in [0.1, 0.15) is 29.4 Å². The summed E-state index contributed by atoms with van der Waals surface area (Å²) in [6, 6.07) is 17.3. The Morgan fingerprint density at radius 3 is 2.38 bits per heavy atom. The third-order valence-corrected chi connectivity index (χ3v) is 6.26. The van der Waals surface area contributed by atoms with Crippen LogP contribution in [0.15, 0.2) is 60.2 Å². The largest absolute Gasteiger partial charge is 0.489 e. The first kappa shape index (κ1) is 23.7. The maximum atomic E-state index is 12.8. The molecular formula is C26H24ClN3O3S. The van der Waals surface area contributed by atoms with Crippen molar-refractivity contribution >= 4 is 46.8 Å². The maximum absolute atomic E-state index is 12.8. The SMILES string of the molecule is CCN1C(=O)/C(=C/c2cc(C)n(-c3ccc(OCc4ccc(Cl)cc4)cc3)c2C)C(=O)NC1=S. The van der Waals surface area contributed by atoms with Crippen molar-refractivity contribution in [3.05, 3.63) is 87.7 Å². The predicted octanol–water partition coefficient (Wildman–Crippen LogP) is 4.97. The minimum atomic E-state index is -0.480. The van der Waals surface area contributed by atoms with Gasteiger partial charge in [0.25, 0.3) is 11.8 Å². The molecule has 1 N–H and O–H groups in total. The van der Waals surface area contributed by atoms with Crippen LogP contribution in [-0.2, 0) is 16.2 Å². The topological polar surface area (TPSA) is 63.6 Å². The van der Waals surface area contributed by atoms with Crippen LogP contribution in [0.25, 0.3) is 11.8 Å². The summed E-state index contributed by atoms with van der Waals surface area (Å²) in [5.41, 5.74) is 4.74. The molecule has 2 heterocycles. The number of benzene rings is 2. The molecule has 1 aliphatic heterocycles. The van der Waals surface area contributed by atoms with Gasteiger partial charge in [0, 0.05) is 28.6 Å². The minimum absolute atomic E-state index is 0.0710. The summed E-state index contributed by atoms with van der Waals surface area (Å²) in [4.78, 5) is 26.6. The molecule has 6 nitrogen and oxygen atoms in total. The van der Waals surface area contributed by atoms with Crippen LogP contribution in [0, 0.1) is 13.8 Å². The Hall–Kier alpha value is -3.42.